The number of benzene rings is 2. The third-order valence-corrected chi connectivity index (χ3v) is 6.31. The minimum atomic E-state index is -1.05. The van der Waals surface area contributed by atoms with E-state index in [1.807, 2.05) is 31.2 Å². The fraction of sp³-hybridized carbons (Fsp3) is 0.333. The van der Waals surface area contributed by atoms with Crippen molar-refractivity contribution >= 4 is 10.8 Å². The molecule has 1 aliphatic carbocycles. The van der Waals surface area contributed by atoms with Gasteiger partial charge < -0.3 is 5.73 Å². The van der Waals surface area contributed by atoms with Gasteiger partial charge in [-0.15, -0.1) is 0 Å². The van der Waals surface area contributed by atoms with Crippen molar-refractivity contribution in [3.63, 3.8) is 0 Å². The molecule has 0 fully saturated rings. The van der Waals surface area contributed by atoms with Crippen molar-refractivity contribution in [1.82, 2.24) is 0 Å². The molecule has 0 amide bonds. The molecule has 2 N–H and O–H groups in total. The third-order valence-electron chi connectivity index (χ3n) is 4.34. The van der Waals surface area contributed by atoms with Gasteiger partial charge in [-0.2, -0.15) is 0 Å². The molecule has 21 heavy (non-hydrogen) atoms. The molecule has 2 aromatic rings. The molecule has 0 spiro atoms. The predicted octanol–water partition coefficient (Wildman–Crippen LogP) is 3.43. The molecule has 3 heteroatoms. The molecule has 0 heterocycles. The van der Waals surface area contributed by atoms with E-state index in [-0.39, 0.29) is 11.3 Å². The van der Waals surface area contributed by atoms with Crippen LogP contribution in [0.2, 0.25) is 0 Å². The highest BCUT2D eigenvalue weighted by Gasteiger charge is 2.31. The summed E-state index contributed by atoms with van der Waals surface area (Å²) in [5, 5.41) is 0.00121. The summed E-state index contributed by atoms with van der Waals surface area (Å²) in [6.07, 6.45) is 1.85. The fourth-order valence-corrected chi connectivity index (χ4v) is 4.84. The van der Waals surface area contributed by atoms with E-state index in [1.165, 1.54) is 11.1 Å². The lowest BCUT2D eigenvalue weighted by atomic mass is 9.88. The molecule has 2 nitrogen and oxygen atoms in total. The van der Waals surface area contributed by atoms with Gasteiger partial charge in [-0.05, 0) is 49.4 Å². The molecular formula is C18H21NOS. The number of rotatable bonds is 2. The minimum Gasteiger partial charge on any atom is -0.323 e. The smallest absolute Gasteiger partial charge is 0.0590 e. The van der Waals surface area contributed by atoms with Crippen LogP contribution in [0, 0.1) is 13.8 Å². The van der Waals surface area contributed by atoms with E-state index >= 15 is 0 Å². The number of hydrogen-bond donors (Lipinski definition) is 1. The Balaban J connectivity index is 1.93. The average molecular weight is 299 g/mol. The van der Waals surface area contributed by atoms with Crippen molar-refractivity contribution in [2.75, 3.05) is 0 Å². The lowest BCUT2D eigenvalue weighted by Gasteiger charge is -2.30. The van der Waals surface area contributed by atoms with E-state index in [1.54, 1.807) is 0 Å². The lowest BCUT2D eigenvalue weighted by molar-refractivity contribution is 0.563. The number of hydrogen-bond acceptors (Lipinski definition) is 2. The van der Waals surface area contributed by atoms with Crippen LogP contribution in [0.1, 0.15) is 34.7 Å². The number of nitrogens with two attached hydrogens (primary N) is 1. The summed E-state index contributed by atoms with van der Waals surface area (Å²) >= 11 is 0. The summed E-state index contributed by atoms with van der Waals surface area (Å²) < 4.78 is 13.0. The fourth-order valence-electron chi connectivity index (χ4n) is 3.19. The second kappa shape index (κ2) is 5.74. The summed E-state index contributed by atoms with van der Waals surface area (Å²) in [6, 6.07) is 14.2. The second-order valence-electron chi connectivity index (χ2n) is 5.87. The summed E-state index contributed by atoms with van der Waals surface area (Å²) in [5.74, 6) is 0. The van der Waals surface area contributed by atoms with Gasteiger partial charge in [0.2, 0.25) is 0 Å². The van der Waals surface area contributed by atoms with E-state index in [4.69, 9.17) is 5.73 Å². The van der Waals surface area contributed by atoms with Gasteiger partial charge >= 0.3 is 0 Å². The van der Waals surface area contributed by atoms with E-state index < -0.39 is 10.8 Å². The van der Waals surface area contributed by atoms with Crippen LogP contribution < -0.4 is 5.73 Å². The second-order valence-corrected chi connectivity index (χ2v) is 7.51. The van der Waals surface area contributed by atoms with Gasteiger partial charge in [-0.3, -0.25) is 4.21 Å². The maximum Gasteiger partial charge on any atom is 0.0590 e. The topological polar surface area (TPSA) is 43.1 Å². The highest BCUT2D eigenvalue weighted by atomic mass is 32.2. The van der Waals surface area contributed by atoms with Crippen LogP contribution in [0.3, 0.4) is 0 Å². The summed E-state index contributed by atoms with van der Waals surface area (Å²) in [6.45, 7) is 4.09. The largest absolute Gasteiger partial charge is 0.323 e. The Labute approximate surface area is 128 Å². The number of fused-ring (bicyclic) bond motifs is 1. The van der Waals surface area contributed by atoms with E-state index in [0.717, 1.165) is 28.9 Å². The highest BCUT2D eigenvalue weighted by molar-refractivity contribution is 7.85. The molecular weight excluding hydrogens is 278 g/mol. The molecule has 2 aromatic carbocycles. The zero-order valence-corrected chi connectivity index (χ0v) is 13.3. The Morgan fingerprint density at radius 3 is 2.67 bits per heavy atom. The molecule has 0 bridgehead atoms. The Morgan fingerprint density at radius 2 is 1.90 bits per heavy atom. The van der Waals surface area contributed by atoms with Gasteiger partial charge in [0.05, 0.1) is 16.0 Å². The van der Waals surface area contributed by atoms with E-state index in [9.17, 15) is 4.21 Å². The van der Waals surface area contributed by atoms with Crippen molar-refractivity contribution in [3.05, 3.63) is 64.7 Å². The molecule has 0 aromatic heterocycles. The monoisotopic (exact) mass is 299 g/mol. The van der Waals surface area contributed by atoms with Crippen LogP contribution in [0.4, 0.5) is 0 Å². The van der Waals surface area contributed by atoms with Crippen molar-refractivity contribution in [2.45, 2.75) is 42.9 Å². The SMILES string of the molecule is Cc1ccc(S(=O)C2CCc3ccccc3C2N)c(C)c1. The zero-order valence-electron chi connectivity index (χ0n) is 12.5. The van der Waals surface area contributed by atoms with Gasteiger partial charge in [0.1, 0.15) is 0 Å². The van der Waals surface area contributed by atoms with Gasteiger partial charge in [-0.25, -0.2) is 0 Å². The first-order chi connectivity index (χ1) is 10.1. The summed E-state index contributed by atoms with van der Waals surface area (Å²) in [5.41, 5.74) is 11.2. The number of aryl methyl sites for hydroxylation is 3. The van der Waals surface area contributed by atoms with Crippen molar-refractivity contribution in [1.29, 1.82) is 0 Å². The minimum absolute atomic E-state index is 0.00121. The van der Waals surface area contributed by atoms with E-state index in [0.29, 0.717) is 0 Å². The van der Waals surface area contributed by atoms with Gasteiger partial charge in [0, 0.05) is 10.9 Å². The molecule has 3 rings (SSSR count). The Kier molecular flexibility index (Phi) is 3.96. The Hall–Kier alpha value is -1.45. The molecule has 3 atom stereocenters. The standard InChI is InChI=1S/C18H21NOS/c1-12-7-9-16(13(2)11-12)21(20)17-10-8-14-5-3-4-6-15(14)18(17)19/h3-7,9,11,17-18H,8,10,19H2,1-2H3. The van der Waals surface area contributed by atoms with Crippen molar-refractivity contribution in [2.24, 2.45) is 5.73 Å². The molecule has 3 unspecified atom stereocenters. The molecule has 1 aliphatic rings. The van der Waals surface area contributed by atoms with Crippen LogP contribution in [-0.4, -0.2) is 9.46 Å². The van der Waals surface area contributed by atoms with Crippen LogP contribution in [0.25, 0.3) is 0 Å². The maximum absolute atomic E-state index is 13.0. The quantitative estimate of drug-likeness (QED) is 0.923. The summed E-state index contributed by atoms with van der Waals surface area (Å²) in [4.78, 5) is 0.931. The van der Waals surface area contributed by atoms with E-state index in [2.05, 4.69) is 25.1 Å². The Morgan fingerprint density at radius 1 is 1.14 bits per heavy atom. The third kappa shape index (κ3) is 2.68. The van der Waals surface area contributed by atoms with Crippen molar-refractivity contribution < 1.29 is 4.21 Å². The van der Waals surface area contributed by atoms with Crippen LogP contribution >= 0.6 is 0 Å². The highest BCUT2D eigenvalue weighted by Crippen LogP contribution is 2.33. The van der Waals surface area contributed by atoms with Crippen LogP contribution in [-0.2, 0) is 17.2 Å². The van der Waals surface area contributed by atoms with Crippen LogP contribution in [0.15, 0.2) is 47.4 Å². The van der Waals surface area contributed by atoms with Gasteiger partial charge in [0.15, 0.2) is 0 Å². The normalized spacial score (nSPS) is 22.6. The predicted molar refractivity (Wildman–Crippen MR) is 87.8 cm³/mol. The first kappa shape index (κ1) is 14.5. The molecule has 0 aliphatic heterocycles. The first-order valence-electron chi connectivity index (χ1n) is 7.39. The first-order valence-corrected chi connectivity index (χ1v) is 8.60. The lowest BCUT2D eigenvalue weighted by Crippen LogP contribution is -2.35. The molecule has 110 valence electrons. The maximum atomic E-state index is 13.0. The Bertz CT molecular complexity index is 695. The molecule has 0 saturated carbocycles. The average Bonchev–Trinajstić information content (AvgIpc) is 2.47. The zero-order chi connectivity index (χ0) is 15.0. The van der Waals surface area contributed by atoms with Gasteiger partial charge in [0.25, 0.3) is 0 Å². The van der Waals surface area contributed by atoms with Gasteiger partial charge in [-0.1, -0.05) is 42.0 Å². The molecule has 0 radical (unpaired) electrons. The molecule has 0 saturated heterocycles. The van der Waals surface area contributed by atoms with Crippen LogP contribution in [0.5, 0.6) is 0 Å². The summed E-state index contributed by atoms with van der Waals surface area (Å²) in [7, 11) is -1.05. The van der Waals surface area contributed by atoms with Crippen molar-refractivity contribution in [3.8, 4) is 0 Å².